The van der Waals surface area contributed by atoms with Gasteiger partial charge in [-0.1, -0.05) is 30.3 Å². The number of amides is 1. The molecule has 0 saturated carbocycles. The lowest BCUT2D eigenvalue weighted by Gasteiger charge is -2.34. The van der Waals surface area contributed by atoms with Gasteiger partial charge in [-0.15, -0.1) is 0 Å². The number of carbonyl (C=O) groups excluding carboxylic acids is 1. The summed E-state index contributed by atoms with van der Waals surface area (Å²) in [7, 11) is 0. The molecule has 0 unspecified atom stereocenters. The molecule has 6 nitrogen and oxygen atoms in total. The van der Waals surface area contributed by atoms with Gasteiger partial charge in [0.05, 0.1) is 12.1 Å². The van der Waals surface area contributed by atoms with Crippen molar-refractivity contribution < 1.29 is 9.53 Å². The Morgan fingerprint density at radius 2 is 2.03 bits per heavy atom. The Morgan fingerprint density at radius 1 is 1.19 bits per heavy atom. The third-order valence-corrected chi connectivity index (χ3v) is 5.85. The predicted molar refractivity (Wildman–Crippen MR) is 124 cm³/mol. The topological polar surface area (TPSA) is 67.3 Å². The van der Waals surface area contributed by atoms with Gasteiger partial charge >= 0.3 is 6.09 Å². The monoisotopic (exact) mass is 418 g/mol. The van der Waals surface area contributed by atoms with Crippen molar-refractivity contribution in [1.29, 1.82) is 0 Å². The van der Waals surface area contributed by atoms with E-state index < -0.39 is 0 Å². The molecular weight excluding hydrogens is 388 g/mol. The number of benzene rings is 2. The van der Waals surface area contributed by atoms with Gasteiger partial charge in [-0.3, -0.25) is 0 Å². The van der Waals surface area contributed by atoms with E-state index in [1.165, 1.54) is 5.56 Å². The van der Waals surface area contributed by atoms with Gasteiger partial charge in [-0.05, 0) is 62.8 Å². The van der Waals surface area contributed by atoms with Crippen LogP contribution in [0, 0.1) is 19.8 Å². The molecule has 3 aromatic rings. The molecule has 0 bridgehead atoms. The van der Waals surface area contributed by atoms with Gasteiger partial charge in [0.2, 0.25) is 0 Å². The van der Waals surface area contributed by atoms with Crippen molar-refractivity contribution in [2.75, 3.05) is 31.1 Å². The summed E-state index contributed by atoms with van der Waals surface area (Å²) < 4.78 is 5.00. The number of anilines is 1. The van der Waals surface area contributed by atoms with Crippen LogP contribution in [0.25, 0.3) is 22.3 Å². The Kier molecular flexibility index (Phi) is 6.35. The first-order chi connectivity index (χ1) is 15.0. The third-order valence-electron chi connectivity index (χ3n) is 5.85. The molecule has 2 aromatic carbocycles. The van der Waals surface area contributed by atoms with Gasteiger partial charge in [0.15, 0.2) is 5.82 Å². The lowest BCUT2D eigenvalue weighted by atomic mass is 9.97. The van der Waals surface area contributed by atoms with Crippen LogP contribution >= 0.6 is 0 Å². The van der Waals surface area contributed by atoms with Crippen LogP contribution in [0.1, 0.15) is 30.9 Å². The highest BCUT2D eigenvalue weighted by Crippen LogP contribution is 2.31. The minimum atomic E-state index is -0.343. The number of carbonyl (C=O) groups is 1. The molecule has 0 spiro atoms. The number of ether oxygens (including phenoxy) is 1. The number of piperidine rings is 1. The smallest absolute Gasteiger partial charge is 0.407 e. The summed E-state index contributed by atoms with van der Waals surface area (Å²) in [6.07, 6.45) is 1.80. The fraction of sp³-hybridized carbons (Fsp3) is 0.400. The first-order valence-corrected chi connectivity index (χ1v) is 11.0. The van der Waals surface area contributed by atoms with E-state index in [0.29, 0.717) is 19.1 Å². The zero-order valence-electron chi connectivity index (χ0n) is 18.5. The van der Waals surface area contributed by atoms with Crippen molar-refractivity contribution in [3.05, 3.63) is 53.6 Å². The third kappa shape index (κ3) is 4.79. The van der Waals surface area contributed by atoms with Gasteiger partial charge in [0, 0.05) is 30.6 Å². The number of nitrogens with zero attached hydrogens (tertiary/aromatic N) is 3. The fourth-order valence-corrected chi connectivity index (χ4v) is 4.24. The molecule has 1 amide bonds. The molecule has 1 aliphatic heterocycles. The number of hydrogen-bond acceptors (Lipinski definition) is 5. The van der Waals surface area contributed by atoms with Crippen molar-refractivity contribution in [3.8, 4) is 11.4 Å². The minimum Gasteiger partial charge on any atom is -0.450 e. The second kappa shape index (κ2) is 9.33. The summed E-state index contributed by atoms with van der Waals surface area (Å²) in [5.41, 5.74) is 4.37. The van der Waals surface area contributed by atoms with Crippen LogP contribution in [0.5, 0.6) is 0 Å². The highest BCUT2D eigenvalue weighted by atomic mass is 16.5. The number of nitrogens with one attached hydrogen (secondary N) is 1. The molecule has 1 fully saturated rings. The molecule has 1 atom stereocenters. The van der Waals surface area contributed by atoms with Gasteiger partial charge in [0.1, 0.15) is 5.82 Å². The maximum absolute atomic E-state index is 11.7. The van der Waals surface area contributed by atoms with E-state index in [2.05, 4.69) is 54.4 Å². The molecule has 0 radical (unpaired) electrons. The SMILES string of the molecule is CCOC(=O)NC[C@@H]1CCCN(c2nc(-c3ccccc3C)nc3cc(C)ccc23)C1. The molecule has 31 heavy (non-hydrogen) atoms. The van der Waals surface area contributed by atoms with E-state index in [1.807, 2.05) is 19.1 Å². The predicted octanol–water partition coefficient (Wildman–Crippen LogP) is 4.88. The van der Waals surface area contributed by atoms with Gasteiger partial charge < -0.3 is 15.0 Å². The summed E-state index contributed by atoms with van der Waals surface area (Å²) in [6, 6.07) is 14.6. The number of aromatic nitrogens is 2. The second-order valence-electron chi connectivity index (χ2n) is 8.26. The number of rotatable bonds is 5. The van der Waals surface area contributed by atoms with E-state index in [4.69, 9.17) is 14.7 Å². The molecule has 6 heteroatoms. The second-order valence-corrected chi connectivity index (χ2v) is 8.26. The van der Waals surface area contributed by atoms with Gasteiger partial charge in [-0.25, -0.2) is 14.8 Å². The summed E-state index contributed by atoms with van der Waals surface area (Å²) in [5.74, 6) is 2.09. The van der Waals surface area contributed by atoms with Gasteiger partial charge in [-0.2, -0.15) is 0 Å². The van der Waals surface area contributed by atoms with Crippen molar-refractivity contribution >= 4 is 22.8 Å². The maximum Gasteiger partial charge on any atom is 0.407 e. The molecule has 1 aliphatic rings. The first-order valence-electron chi connectivity index (χ1n) is 11.0. The van der Waals surface area contributed by atoms with Crippen LogP contribution in [0.15, 0.2) is 42.5 Å². The minimum absolute atomic E-state index is 0.343. The first kappa shape index (κ1) is 21.1. The number of aryl methyl sites for hydroxylation is 2. The van der Waals surface area contributed by atoms with Crippen molar-refractivity contribution in [1.82, 2.24) is 15.3 Å². The van der Waals surface area contributed by atoms with Crippen molar-refractivity contribution in [3.63, 3.8) is 0 Å². The Bertz CT molecular complexity index is 1080. The maximum atomic E-state index is 11.7. The van der Waals surface area contributed by atoms with Crippen LogP contribution in [-0.2, 0) is 4.74 Å². The van der Waals surface area contributed by atoms with E-state index in [0.717, 1.165) is 59.6 Å². The quantitative estimate of drug-likeness (QED) is 0.640. The molecular formula is C25H30N4O2. The van der Waals surface area contributed by atoms with E-state index in [-0.39, 0.29) is 6.09 Å². The molecule has 0 aliphatic carbocycles. The van der Waals surface area contributed by atoms with E-state index in [1.54, 1.807) is 0 Å². The Labute approximate surface area is 183 Å². The lowest BCUT2D eigenvalue weighted by Crippen LogP contribution is -2.41. The van der Waals surface area contributed by atoms with Crippen LogP contribution in [-0.4, -0.2) is 42.3 Å². The zero-order valence-corrected chi connectivity index (χ0v) is 18.5. The highest BCUT2D eigenvalue weighted by molar-refractivity contribution is 5.91. The normalized spacial score (nSPS) is 16.4. The van der Waals surface area contributed by atoms with Crippen LogP contribution in [0.3, 0.4) is 0 Å². The van der Waals surface area contributed by atoms with Crippen LogP contribution in [0.4, 0.5) is 10.6 Å². The average Bonchev–Trinajstić information content (AvgIpc) is 2.77. The standard InChI is InChI=1S/C25H30N4O2/c1-4-31-25(30)26-15-19-9-7-13-29(16-19)24-21-12-11-17(2)14-22(21)27-23(28-24)20-10-6-5-8-18(20)3/h5-6,8,10-12,14,19H,4,7,9,13,15-16H2,1-3H3,(H,26,30)/t19-/m0/s1. The molecule has 2 heterocycles. The average molecular weight is 419 g/mol. The largest absolute Gasteiger partial charge is 0.450 e. The summed E-state index contributed by atoms with van der Waals surface area (Å²) in [5, 5.41) is 3.97. The molecule has 4 rings (SSSR count). The lowest BCUT2D eigenvalue weighted by molar-refractivity contribution is 0.150. The zero-order chi connectivity index (χ0) is 21.8. The Morgan fingerprint density at radius 3 is 2.84 bits per heavy atom. The van der Waals surface area contributed by atoms with Crippen molar-refractivity contribution in [2.45, 2.75) is 33.6 Å². The summed E-state index contributed by atoms with van der Waals surface area (Å²) >= 11 is 0. The molecule has 162 valence electrons. The highest BCUT2D eigenvalue weighted by Gasteiger charge is 2.24. The molecule has 1 N–H and O–H groups in total. The fourth-order valence-electron chi connectivity index (χ4n) is 4.24. The molecule has 1 saturated heterocycles. The van der Waals surface area contributed by atoms with Crippen LogP contribution in [0.2, 0.25) is 0 Å². The number of fused-ring (bicyclic) bond motifs is 1. The molecule has 1 aromatic heterocycles. The van der Waals surface area contributed by atoms with E-state index in [9.17, 15) is 4.79 Å². The Balaban J connectivity index is 1.67. The van der Waals surface area contributed by atoms with E-state index >= 15 is 0 Å². The van der Waals surface area contributed by atoms with Crippen LogP contribution < -0.4 is 10.2 Å². The van der Waals surface area contributed by atoms with Crippen molar-refractivity contribution in [2.24, 2.45) is 5.92 Å². The number of alkyl carbamates (subject to hydrolysis) is 1. The Hall–Kier alpha value is -3.15. The summed E-state index contributed by atoms with van der Waals surface area (Å²) in [6.45, 7) is 8.79. The van der Waals surface area contributed by atoms with Gasteiger partial charge in [0.25, 0.3) is 0 Å². The summed E-state index contributed by atoms with van der Waals surface area (Å²) in [4.78, 5) is 24.0. The number of hydrogen-bond donors (Lipinski definition) is 1.